The van der Waals surface area contributed by atoms with E-state index in [9.17, 15) is 14.4 Å². The van der Waals surface area contributed by atoms with Crippen molar-refractivity contribution >= 4 is 17.3 Å². The third-order valence-electron chi connectivity index (χ3n) is 5.99. The first kappa shape index (κ1) is 23.8. The zero-order chi connectivity index (χ0) is 24.9. The molecule has 4 aromatic rings. The van der Waals surface area contributed by atoms with E-state index in [1.165, 1.54) is 7.11 Å². The molecule has 2 atom stereocenters. The molecule has 7 heteroatoms. The Labute approximate surface area is 203 Å². The number of methoxy groups -OCH3 is 2. The van der Waals surface area contributed by atoms with Gasteiger partial charge in [-0.05, 0) is 47.9 Å². The van der Waals surface area contributed by atoms with E-state index in [0.717, 1.165) is 16.7 Å². The molecule has 0 aliphatic heterocycles. The van der Waals surface area contributed by atoms with E-state index in [1.54, 1.807) is 13.2 Å². The minimum absolute atomic E-state index is 0.0112. The van der Waals surface area contributed by atoms with Crippen LogP contribution in [0.5, 0.6) is 11.5 Å². The van der Waals surface area contributed by atoms with E-state index < -0.39 is 16.9 Å². The molecule has 0 radical (unpaired) electrons. The predicted octanol–water partition coefficient (Wildman–Crippen LogP) is 4.05. The van der Waals surface area contributed by atoms with Gasteiger partial charge in [0.1, 0.15) is 11.4 Å². The van der Waals surface area contributed by atoms with Crippen LogP contribution in [0.4, 0.5) is 11.4 Å². The summed E-state index contributed by atoms with van der Waals surface area (Å²) in [5.41, 5.74) is 2.03. The number of nitrogens with one attached hydrogen (secondary N) is 2. The lowest BCUT2D eigenvalue weighted by Crippen LogP contribution is -2.34. The molecule has 0 aliphatic carbocycles. The molecule has 0 spiro atoms. The van der Waals surface area contributed by atoms with E-state index in [-0.39, 0.29) is 23.3 Å². The van der Waals surface area contributed by atoms with E-state index in [1.807, 2.05) is 79.7 Å². The molecule has 0 fully saturated rings. The summed E-state index contributed by atoms with van der Waals surface area (Å²) < 4.78 is 10.3. The summed E-state index contributed by atoms with van der Waals surface area (Å²) in [6, 6.07) is 23.9. The predicted molar refractivity (Wildman–Crippen MR) is 135 cm³/mol. The minimum atomic E-state index is -0.649. The van der Waals surface area contributed by atoms with Gasteiger partial charge in [0.15, 0.2) is 5.75 Å². The van der Waals surface area contributed by atoms with Gasteiger partial charge in [-0.25, -0.2) is 0 Å². The smallest absolute Gasteiger partial charge is 0.272 e. The van der Waals surface area contributed by atoms with Crippen LogP contribution >= 0.6 is 0 Å². The number of benzene rings is 3. The van der Waals surface area contributed by atoms with Gasteiger partial charge in [0, 0.05) is 5.69 Å². The molecule has 2 unspecified atom stereocenters. The Hall–Kier alpha value is -4.39. The van der Waals surface area contributed by atoms with Crippen LogP contribution in [0.3, 0.4) is 0 Å². The average Bonchev–Trinajstić information content (AvgIpc) is 2.91. The number of rotatable bonds is 9. The maximum atomic E-state index is 13.2. The van der Waals surface area contributed by atoms with Crippen LogP contribution in [0.1, 0.15) is 35.6 Å². The van der Waals surface area contributed by atoms with Crippen LogP contribution in [0, 0.1) is 0 Å². The molecule has 7 nitrogen and oxygen atoms in total. The van der Waals surface area contributed by atoms with Crippen molar-refractivity contribution in [2.75, 3.05) is 19.5 Å². The van der Waals surface area contributed by atoms with Gasteiger partial charge in [0.05, 0.1) is 26.2 Å². The second-order valence-corrected chi connectivity index (χ2v) is 8.16. The van der Waals surface area contributed by atoms with E-state index in [4.69, 9.17) is 9.47 Å². The normalized spacial score (nSPS) is 12.5. The lowest BCUT2D eigenvalue weighted by Gasteiger charge is -2.23. The molecule has 0 heterocycles. The number of amides is 1. The van der Waals surface area contributed by atoms with Crippen LogP contribution in [-0.2, 0) is 4.79 Å². The van der Waals surface area contributed by atoms with Crippen molar-refractivity contribution in [2.45, 2.75) is 18.9 Å². The zero-order valence-electron chi connectivity index (χ0n) is 19.7. The summed E-state index contributed by atoms with van der Waals surface area (Å²) in [4.78, 5) is 36.9. The molecule has 2 N–H and O–H groups in total. The summed E-state index contributed by atoms with van der Waals surface area (Å²) in [6.07, 6.45) is 0. The van der Waals surface area contributed by atoms with Gasteiger partial charge in [0.2, 0.25) is 5.91 Å². The molecule has 4 aromatic carbocycles. The Kier molecular flexibility index (Phi) is 6.96. The maximum absolute atomic E-state index is 13.2. The van der Waals surface area contributed by atoms with Crippen LogP contribution in [0.25, 0.3) is 0 Å². The third-order valence-corrected chi connectivity index (χ3v) is 5.99. The highest BCUT2D eigenvalue weighted by Gasteiger charge is 2.24. The molecule has 0 saturated heterocycles. The Morgan fingerprint density at radius 3 is 2.11 bits per heavy atom. The number of anilines is 2. The van der Waals surface area contributed by atoms with Gasteiger partial charge in [-0.3, -0.25) is 14.4 Å². The van der Waals surface area contributed by atoms with Gasteiger partial charge in [-0.1, -0.05) is 54.6 Å². The Morgan fingerprint density at radius 1 is 0.771 bits per heavy atom. The summed E-state index contributed by atoms with van der Waals surface area (Å²) in [5.74, 6) is 0.238. The summed E-state index contributed by atoms with van der Waals surface area (Å²) >= 11 is 0. The number of hydrogen-bond acceptors (Lipinski definition) is 6. The van der Waals surface area contributed by atoms with Crippen molar-refractivity contribution in [3.8, 4) is 11.5 Å². The highest BCUT2D eigenvalue weighted by atomic mass is 16.5. The SMILES string of the molecule is COc1ccc(C(NC(=O)C(C)c2ccccc2)c2cccc(Nc3c(OC)c(=O)c3=O)c2)cc1. The van der Waals surface area contributed by atoms with Crippen molar-refractivity contribution in [3.63, 3.8) is 0 Å². The lowest BCUT2D eigenvalue weighted by molar-refractivity contribution is -0.122. The van der Waals surface area contributed by atoms with E-state index in [0.29, 0.717) is 11.4 Å². The van der Waals surface area contributed by atoms with Crippen LogP contribution in [-0.4, -0.2) is 20.1 Å². The van der Waals surface area contributed by atoms with Gasteiger partial charge in [-0.2, -0.15) is 0 Å². The van der Waals surface area contributed by atoms with Crippen LogP contribution in [0.15, 0.2) is 88.5 Å². The van der Waals surface area contributed by atoms with Crippen LogP contribution < -0.4 is 31.0 Å². The van der Waals surface area contributed by atoms with E-state index in [2.05, 4.69) is 10.6 Å². The van der Waals surface area contributed by atoms with Crippen molar-refractivity contribution in [2.24, 2.45) is 0 Å². The highest BCUT2D eigenvalue weighted by Crippen LogP contribution is 2.29. The van der Waals surface area contributed by atoms with Crippen LogP contribution in [0.2, 0.25) is 0 Å². The molecule has 35 heavy (non-hydrogen) atoms. The number of ether oxygens (including phenoxy) is 2. The van der Waals surface area contributed by atoms with Gasteiger partial charge in [0.25, 0.3) is 10.9 Å². The molecule has 0 aliphatic rings. The topological polar surface area (TPSA) is 93.7 Å². The molecule has 0 aromatic heterocycles. The molecular weight excluding hydrogens is 444 g/mol. The number of carbonyl (C=O) groups is 1. The quantitative estimate of drug-likeness (QED) is 0.359. The number of carbonyl (C=O) groups excluding carboxylic acids is 1. The Morgan fingerprint density at radius 2 is 1.46 bits per heavy atom. The third kappa shape index (κ3) is 4.94. The van der Waals surface area contributed by atoms with Gasteiger partial charge < -0.3 is 20.1 Å². The average molecular weight is 471 g/mol. The fourth-order valence-corrected chi connectivity index (χ4v) is 3.94. The minimum Gasteiger partial charge on any atom is -0.497 e. The standard InChI is InChI=1S/C28H26N2O5/c1-17(18-8-5-4-6-9-18)28(33)30-23(19-12-14-22(34-2)15-13-19)20-10-7-11-21(16-20)29-24-25(31)26(32)27(24)35-3/h4-17,23,29H,1-3H3,(H,30,33). The summed E-state index contributed by atoms with van der Waals surface area (Å²) in [7, 11) is 2.95. The van der Waals surface area contributed by atoms with Crippen molar-refractivity contribution in [1.82, 2.24) is 5.32 Å². The molecule has 178 valence electrons. The molecule has 1 amide bonds. The first-order chi connectivity index (χ1) is 16.9. The van der Waals surface area contributed by atoms with E-state index >= 15 is 0 Å². The van der Waals surface area contributed by atoms with Crippen molar-refractivity contribution in [1.29, 1.82) is 0 Å². The largest absolute Gasteiger partial charge is 0.497 e. The molecule has 0 bridgehead atoms. The number of hydrogen-bond donors (Lipinski definition) is 2. The zero-order valence-corrected chi connectivity index (χ0v) is 19.7. The van der Waals surface area contributed by atoms with Gasteiger partial charge >= 0.3 is 0 Å². The maximum Gasteiger partial charge on any atom is 0.272 e. The first-order valence-electron chi connectivity index (χ1n) is 11.2. The lowest BCUT2D eigenvalue weighted by atomic mass is 9.95. The van der Waals surface area contributed by atoms with Gasteiger partial charge in [-0.15, -0.1) is 0 Å². The summed E-state index contributed by atoms with van der Waals surface area (Å²) in [5, 5.41) is 6.14. The second-order valence-electron chi connectivity index (χ2n) is 8.16. The highest BCUT2D eigenvalue weighted by molar-refractivity contribution is 5.84. The first-order valence-corrected chi connectivity index (χ1v) is 11.2. The molecule has 4 rings (SSSR count). The molecule has 0 saturated carbocycles. The summed E-state index contributed by atoms with van der Waals surface area (Å²) in [6.45, 7) is 1.87. The fourth-order valence-electron chi connectivity index (χ4n) is 3.94. The van der Waals surface area contributed by atoms with Crippen molar-refractivity contribution < 1.29 is 14.3 Å². The Bertz CT molecular complexity index is 1390. The fraction of sp³-hybridized carbons (Fsp3) is 0.179. The molecular formula is C28H26N2O5. The van der Waals surface area contributed by atoms with Crippen molar-refractivity contribution in [3.05, 3.63) is 116 Å². The second kappa shape index (κ2) is 10.3. The monoisotopic (exact) mass is 470 g/mol. The Balaban J connectivity index is 1.66.